The molecule has 0 spiro atoms. The van der Waals surface area contributed by atoms with Crippen molar-refractivity contribution in [3.05, 3.63) is 23.2 Å². The molecule has 1 saturated carbocycles. The summed E-state index contributed by atoms with van der Waals surface area (Å²) < 4.78 is 2.02. The van der Waals surface area contributed by atoms with Crippen LogP contribution in [0.5, 0.6) is 0 Å². The van der Waals surface area contributed by atoms with Crippen molar-refractivity contribution in [3.63, 3.8) is 0 Å². The molecule has 1 aromatic heterocycles. The third-order valence-electron chi connectivity index (χ3n) is 4.71. The van der Waals surface area contributed by atoms with Crippen LogP contribution < -0.4 is 5.32 Å². The number of nitrogens with one attached hydrogen (secondary N) is 1. The number of hydrogen-bond donors (Lipinski definition) is 1. The van der Waals surface area contributed by atoms with Crippen molar-refractivity contribution >= 4 is 50.8 Å². The van der Waals surface area contributed by atoms with Crippen LogP contribution in [0.25, 0.3) is 10.2 Å². The van der Waals surface area contributed by atoms with E-state index in [9.17, 15) is 4.79 Å². The predicted molar refractivity (Wildman–Crippen MR) is 99.5 cm³/mol. The quantitative estimate of drug-likeness (QED) is 0.773. The average Bonchev–Trinajstić information content (AvgIpc) is 2.92. The molecule has 3 atom stereocenters. The van der Waals surface area contributed by atoms with Crippen LogP contribution in [0.1, 0.15) is 33.1 Å². The Balaban J connectivity index is 1.55. The highest BCUT2D eigenvalue weighted by Gasteiger charge is 2.28. The molecule has 0 saturated heterocycles. The molecule has 124 valence electrons. The standard InChI is InChI=1S/C17H21ClN2OS2/c1-10-4-3-5-13(11(10)2)19-16(21)9-22-17-20-14-8-12(18)6-7-15(14)23-17/h6-8,10-11,13H,3-5,9H2,1-2H3,(H,19,21). The zero-order valence-electron chi connectivity index (χ0n) is 13.3. The van der Waals surface area contributed by atoms with Gasteiger partial charge in [0, 0.05) is 11.1 Å². The van der Waals surface area contributed by atoms with Crippen LogP contribution in [0.2, 0.25) is 5.02 Å². The van der Waals surface area contributed by atoms with Crippen molar-refractivity contribution in [2.75, 3.05) is 5.75 Å². The molecular weight excluding hydrogens is 348 g/mol. The Kier molecular flexibility index (Phi) is 5.49. The smallest absolute Gasteiger partial charge is 0.230 e. The lowest BCUT2D eigenvalue weighted by molar-refractivity contribution is -0.119. The topological polar surface area (TPSA) is 42.0 Å². The number of amides is 1. The first kappa shape index (κ1) is 17.1. The molecule has 3 rings (SSSR count). The van der Waals surface area contributed by atoms with E-state index in [0.717, 1.165) is 21.0 Å². The number of carbonyl (C=O) groups excluding carboxylic acids is 1. The maximum atomic E-state index is 12.2. The minimum absolute atomic E-state index is 0.109. The Morgan fingerprint density at radius 2 is 2.26 bits per heavy atom. The number of halogens is 1. The van der Waals surface area contributed by atoms with Crippen molar-refractivity contribution in [1.29, 1.82) is 0 Å². The highest BCUT2D eigenvalue weighted by molar-refractivity contribution is 8.01. The number of fused-ring (bicyclic) bond motifs is 1. The summed E-state index contributed by atoms with van der Waals surface area (Å²) in [6, 6.07) is 6.03. The highest BCUT2D eigenvalue weighted by atomic mass is 35.5. The molecule has 0 bridgehead atoms. The molecule has 0 aliphatic heterocycles. The SMILES string of the molecule is CC1CCCC(NC(=O)CSc2nc3cc(Cl)ccc3s2)C1C. The molecule has 2 aromatic rings. The summed E-state index contributed by atoms with van der Waals surface area (Å²) in [6.45, 7) is 4.53. The molecule has 1 aliphatic carbocycles. The van der Waals surface area contributed by atoms with Gasteiger partial charge in [-0.3, -0.25) is 4.79 Å². The maximum Gasteiger partial charge on any atom is 0.230 e. The second kappa shape index (κ2) is 7.41. The normalized spacial score (nSPS) is 24.7. The fourth-order valence-electron chi connectivity index (χ4n) is 3.10. The lowest BCUT2D eigenvalue weighted by Crippen LogP contribution is -2.44. The first-order valence-corrected chi connectivity index (χ1v) is 10.2. The Hall–Kier alpha value is -0.780. The number of carbonyl (C=O) groups is 1. The Labute approximate surface area is 150 Å². The summed E-state index contributed by atoms with van der Waals surface area (Å²) in [5.74, 6) is 1.78. The molecular formula is C17H21ClN2OS2. The molecule has 1 fully saturated rings. The molecule has 1 amide bonds. The van der Waals surface area contributed by atoms with E-state index < -0.39 is 0 Å². The largest absolute Gasteiger partial charge is 0.352 e. The molecule has 1 heterocycles. The second-order valence-electron chi connectivity index (χ2n) is 6.32. The summed E-state index contributed by atoms with van der Waals surface area (Å²) >= 11 is 9.09. The number of aromatic nitrogens is 1. The van der Waals surface area contributed by atoms with Gasteiger partial charge in [-0.2, -0.15) is 0 Å². The third kappa shape index (κ3) is 4.20. The number of rotatable bonds is 4. The van der Waals surface area contributed by atoms with Crippen molar-refractivity contribution < 1.29 is 4.79 Å². The van der Waals surface area contributed by atoms with Crippen LogP contribution in [-0.2, 0) is 4.79 Å². The molecule has 3 nitrogen and oxygen atoms in total. The maximum absolute atomic E-state index is 12.2. The minimum Gasteiger partial charge on any atom is -0.352 e. The average molecular weight is 369 g/mol. The second-order valence-corrected chi connectivity index (χ2v) is 9.01. The molecule has 1 aromatic carbocycles. The van der Waals surface area contributed by atoms with Gasteiger partial charge in [0.1, 0.15) is 0 Å². The Morgan fingerprint density at radius 3 is 3.09 bits per heavy atom. The zero-order chi connectivity index (χ0) is 16.4. The summed E-state index contributed by atoms with van der Waals surface area (Å²) in [5, 5.41) is 3.90. The number of thioether (sulfide) groups is 1. The van der Waals surface area contributed by atoms with Gasteiger partial charge in [0.05, 0.1) is 16.0 Å². The predicted octanol–water partition coefficient (Wildman–Crippen LogP) is 4.98. The van der Waals surface area contributed by atoms with Crippen LogP contribution in [0.4, 0.5) is 0 Å². The monoisotopic (exact) mass is 368 g/mol. The van der Waals surface area contributed by atoms with Gasteiger partial charge in [-0.15, -0.1) is 11.3 Å². The van der Waals surface area contributed by atoms with Crippen LogP contribution in [0.15, 0.2) is 22.5 Å². The van der Waals surface area contributed by atoms with E-state index in [-0.39, 0.29) is 5.91 Å². The fourth-order valence-corrected chi connectivity index (χ4v) is 5.13. The number of thiazole rings is 1. The van der Waals surface area contributed by atoms with E-state index in [1.54, 1.807) is 11.3 Å². The Bertz CT molecular complexity index is 703. The van der Waals surface area contributed by atoms with E-state index >= 15 is 0 Å². The van der Waals surface area contributed by atoms with Gasteiger partial charge >= 0.3 is 0 Å². The first-order chi connectivity index (χ1) is 11.0. The van der Waals surface area contributed by atoms with Crippen LogP contribution in [0, 0.1) is 11.8 Å². The van der Waals surface area contributed by atoms with Gasteiger partial charge in [0.25, 0.3) is 0 Å². The molecule has 1 N–H and O–H groups in total. The van der Waals surface area contributed by atoms with E-state index in [2.05, 4.69) is 24.1 Å². The van der Waals surface area contributed by atoms with Crippen molar-refractivity contribution in [2.24, 2.45) is 11.8 Å². The lowest BCUT2D eigenvalue weighted by Gasteiger charge is -2.34. The summed E-state index contributed by atoms with van der Waals surface area (Å²) in [4.78, 5) is 16.8. The van der Waals surface area contributed by atoms with E-state index in [1.165, 1.54) is 24.6 Å². The van der Waals surface area contributed by atoms with Gasteiger partial charge in [-0.05, 0) is 36.5 Å². The minimum atomic E-state index is 0.109. The molecule has 23 heavy (non-hydrogen) atoms. The van der Waals surface area contributed by atoms with Crippen LogP contribution in [-0.4, -0.2) is 22.7 Å². The van der Waals surface area contributed by atoms with Crippen LogP contribution in [0.3, 0.4) is 0 Å². The summed E-state index contributed by atoms with van der Waals surface area (Å²) in [6.07, 6.45) is 3.58. The van der Waals surface area contributed by atoms with Crippen LogP contribution >= 0.6 is 34.7 Å². The van der Waals surface area contributed by atoms with E-state index in [4.69, 9.17) is 11.6 Å². The Morgan fingerprint density at radius 1 is 1.43 bits per heavy atom. The molecule has 6 heteroatoms. The first-order valence-electron chi connectivity index (χ1n) is 8.01. The van der Waals surface area contributed by atoms with Gasteiger partial charge in [0.2, 0.25) is 5.91 Å². The highest BCUT2D eigenvalue weighted by Crippen LogP contribution is 2.32. The van der Waals surface area contributed by atoms with Crippen molar-refractivity contribution in [2.45, 2.75) is 43.5 Å². The fraction of sp³-hybridized carbons (Fsp3) is 0.529. The van der Waals surface area contributed by atoms with Gasteiger partial charge in [-0.1, -0.05) is 50.1 Å². The molecule has 3 unspecified atom stereocenters. The van der Waals surface area contributed by atoms with Gasteiger partial charge in [0.15, 0.2) is 4.34 Å². The zero-order valence-corrected chi connectivity index (χ0v) is 15.7. The number of nitrogens with zero attached hydrogens (tertiary/aromatic N) is 1. The van der Waals surface area contributed by atoms with E-state index in [0.29, 0.717) is 28.7 Å². The van der Waals surface area contributed by atoms with Gasteiger partial charge in [-0.25, -0.2) is 4.98 Å². The van der Waals surface area contributed by atoms with Crippen molar-refractivity contribution in [3.8, 4) is 0 Å². The summed E-state index contributed by atoms with van der Waals surface area (Å²) in [5.41, 5.74) is 0.903. The van der Waals surface area contributed by atoms with Crippen molar-refractivity contribution in [1.82, 2.24) is 10.3 Å². The number of hydrogen-bond acceptors (Lipinski definition) is 4. The third-order valence-corrected chi connectivity index (χ3v) is 7.12. The number of benzene rings is 1. The van der Waals surface area contributed by atoms with E-state index in [1.807, 2.05) is 18.2 Å². The summed E-state index contributed by atoms with van der Waals surface area (Å²) in [7, 11) is 0. The molecule has 0 radical (unpaired) electrons. The lowest BCUT2D eigenvalue weighted by atomic mass is 9.78. The van der Waals surface area contributed by atoms with Gasteiger partial charge < -0.3 is 5.32 Å². The molecule has 1 aliphatic rings.